The van der Waals surface area contributed by atoms with Gasteiger partial charge in [0.05, 0.1) is 12.7 Å². The molecule has 0 aromatic carbocycles. The van der Waals surface area contributed by atoms with E-state index in [4.69, 9.17) is 17.3 Å². The van der Waals surface area contributed by atoms with Crippen molar-refractivity contribution in [2.24, 2.45) is 5.73 Å². The van der Waals surface area contributed by atoms with Crippen molar-refractivity contribution in [2.75, 3.05) is 7.11 Å². The number of pyridine rings is 1. The Morgan fingerprint density at radius 3 is 2.71 bits per heavy atom. The molecule has 0 unspecified atom stereocenters. The van der Waals surface area contributed by atoms with Crippen molar-refractivity contribution >= 4 is 11.6 Å². The quantitative estimate of drug-likeness (QED) is 0.798. The molecule has 14 heavy (non-hydrogen) atoms. The molecular weight excluding hydrogens is 214 g/mol. The van der Waals surface area contributed by atoms with Gasteiger partial charge in [-0.15, -0.1) is 0 Å². The second-order valence-corrected chi connectivity index (χ2v) is 2.90. The molecule has 2 N–H and O–H groups in total. The summed E-state index contributed by atoms with van der Waals surface area (Å²) >= 11 is 5.67. The molecule has 6 heteroatoms. The monoisotopic (exact) mass is 222 g/mol. The Balaban J connectivity index is 3.25. The molecule has 0 spiro atoms. The predicted molar refractivity (Wildman–Crippen MR) is 48.6 cm³/mol. The molecule has 0 fully saturated rings. The van der Waals surface area contributed by atoms with Crippen LogP contribution in [0.4, 0.5) is 8.78 Å². The van der Waals surface area contributed by atoms with E-state index in [1.807, 2.05) is 0 Å². The molecule has 0 aliphatic rings. The van der Waals surface area contributed by atoms with Crippen molar-refractivity contribution < 1.29 is 13.5 Å². The van der Waals surface area contributed by atoms with E-state index in [0.29, 0.717) is 5.56 Å². The lowest BCUT2D eigenvalue weighted by molar-refractivity contribution is 0.146. The molecule has 0 aliphatic carbocycles. The minimum Gasteiger partial charge on any atom is -0.481 e. The van der Waals surface area contributed by atoms with Gasteiger partial charge < -0.3 is 10.5 Å². The van der Waals surface area contributed by atoms with Crippen LogP contribution in [0.5, 0.6) is 5.88 Å². The largest absolute Gasteiger partial charge is 0.481 e. The molecule has 0 saturated heterocycles. The third-order valence-electron chi connectivity index (χ3n) is 1.69. The maximum atomic E-state index is 12.5. The number of rotatable bonds is 3. The van der Waals surface area contributed by atoms with E-state index in [9.17, 15) is 8.78 Å². The summed E-state index contributed by atoms with van der Waals surface area (Å²) in [6, 6.07) is 1.21. The fourth-order valence-corrected chi connectivity index (χ4v) is 1.21. The van der Waals surface area contributed by atoms with Crippen LogP contribution in [0.2, 0.25) is 5.15 Å². The van der Waals surface area contributed by atoms with E-state index >= 15 is 0 Å². The van der Waals surface area contributed by atoms with Gasteiger partial charge in [-0.1, -0.05) is 11.6 Å². The van der Waals surface area contributed by atoms with Crippen LogP contribution in [-0.4, -0.2) is 12.1 Å². The molecule has 0 aliphatic heterocycles. The zero-order valence-corrected chi connectivity index (χ0v) is 8.18. The number of nitrogens with two attached hydrogens (primary N) is 1. The molecule has 0 bridgehead atoms. The minimum absolute atomic E-state index is 0.0650. The molecule has 0 saturated carbocycles. The van der Waals surface area contributed by atoms with Gasteiger partial charge in [-0.2, -0.15) is 0 Å². The van der Waals surface area contributed by atoms with E-state index in [1.54, 1.807) is 0 Å². The van der Waals surface area contributed by atoms with E-state index in [1.165, 1.54) is 13.2 Å². The summed E-state index contributed by atoms with van der Waals surface area (Å²) in [5.74, 6) is -0.165. The molecule has 3 nitrogen and oxygen atoms in total. The summed E-state index contributed by atoms with van der Waals surface area (Å²) in [7, 11) is 1.26. The maximum absolute atomic E-state index is 12.5. The number of aromatic nitrogens is 1. The number of nitrogens with zero attached hydrogens (tertiary/aromatic N) is 1. The third-order valence-corrected chi connectivity index (χ3v) is 2.02. The van der Waals surface area contributed by atoms with Crippen LogP contribution in [0, 0.1) is 0 Å². The minimum atomic E-state index is -2.65. The van der Waals surface area contributed by atoms with Crippen molar-refractivity contribution in [3.05, 3.63) is 22.3 Å². The SMILES string of the molecule is COc1nc(Cl)c(CN)cc1C(F)F. The first-order valence-electron chi connectivity index (χ1n) is 3.81. The normalized spacial score (nSPS) is 10.7. The summed E-state index contributed by atoms with van der Waals surface area (Å²) in [5, 5.41) is 0.0914. The Labute approximate surface area is 84.8 Å². The highest BCUT2D eigenvalue weighted by Gasteiger charge is 2.17. The lowest BCUT2D eigenvalue weighted by Gasteiger charge is -2.09. The Kier molecular flexibility index (Phi) is 3.60. The van der Waals surface area contributed by atoms with Crippen LogP contribution >= 0.6 is 11.6 Å². The molecule has 1 heterocycles. The van der Waals surface area contributed by atoms with Crippen molar-refractivity contribution in [1.82, 2.24) is 4.98 Å². The molecular formula is C8H9ClF2N2O. The van der Waals surface area contributed by atoms with Gasteiger partial charge in [-0.05, 0) is 6.07 Å². The maximum Gasteiger partial charge on any atom is 0.269 e. The molecule has 1 aromatic rings. The first-order valence-corrected chi connectivity index (χ1v) is 4.19. The second-order valence-electron chi connectivity index (χ2n) is 2.54. The smallest absolute Gasteiger partial charge is 0.269 e. The van der Waals surface area contributed by atoms with E-state index < -0.39 is 6.43 Å². The van der Waals surface area contributed by atoms with Crippen LogP contribution in [-0.2, 0) is 6.54 Å². The van der Waals surface area contributed by atoms with Crippen LogP contribution in [0.1, 0.15) is 17.6 Å². The number of hydrogen-bond donors (Lipinski definition) is 1. The molecule has 78 valence electrons. The topological polar surface area (TPSA) is 48.1 Å². The van der Waals surface area contributed by atoms with E-state index in [2.05, 4.69) is 9.72 Å². The van der Waals surface area contributed by atoms with Crippen LogP contribution in [0.25, 0.3) is 0 Å². The predicted octanol–water partition coefficient (Wildman–Crippen LogP) is 2.14. The fraction of sp³-hybridized carbons (Fsp3) is 0.375. The lowest BCUT2D eigenvalue weighted by Crippen LogP contribution is -2.03. The zero-order chi connectivity index (χ0) is 10.7. The van der Waals surface area contributed by atoms with Crippen molar-refractivity contribution in [2.45, 2.75) is 13.0 Å². The Morgan fingerprint density at radius 1 is 1.64 bits per heavy atom. The average Bonchev–Trinajstić information content (AvgIpc) is 2.16. The summed E-state index contributed by atoms with van der Waals surface area (Å²) in [5.41, 5.74) is 5.38. The summed E-state index contributed by atoms with van der Waals surface area (Å²) in [4.78, 5) is 3.67. The van der Waals surface area contributed by atoms with Crippen molar-refractivity contribution in [3.63, 3.8) is 0 Å². The number of halogens is 3. The van der Waals surface area contributed by atoms with Crippen LogP contribution in [0.15, 0.2) is 6.07 Å². The molecule has 0 atom stereocenters. The second kappa shape index (κ2) is 4.52. The molecule has 1 rings (SSSR count). The summed E-state index contributed by atoms with van der Waals surface area (Å²) in [6.07, 6.45) is -2.65. The van der Waals surface area contributed by atoms with Gasteiger partial charge in [0.15, 0.2) is 0 Å². The summed E-state index contributed by atoms with van der Waals surface area (Å²) < 4.78 is 29.6. The zero-order valence-electron chi connectivity index (χ0n) is 7.43. The highest BCUT2D eigenvalue weighted by Crippen LogP contribution is 2.30. The molecule has 1 aromatic heterocycles. The number of hydrogen-bond acceptors (Lipinski definition) is 3. The van der Waals surface area contributed by atoms with Gasteiger partial charge in [0.1, 0.15) is 5.15 Å². The molecule has 0 radical (unpaired) electrons. The lowest BCUT2D eigenvalue weighted by atomic mass is 10.2. The highest BCUT2D eigenvalue weighted by molar-refractivity contribution is 6.30. The number of methoxy groups -OCH3 is 1. The van der Waals surface area contributed by atoms with E-state index in [0.717, 1.165) is 0 Å². The van der Waals surface area contributed by atoms with Gasteiger partial charge in [0.2, 0.25) is 5.88 Å². The van der Waals surface area contributed by atoms with Gasteiger partial charge in [0.25, 0.3) is 6.43 Å². The van der Waals surface area contributed by atoms with Gasteiger partial charge in [-0.3, -0.25) is 0 Å². The fourth-order valence-electron chi connectivity index (χ4n) is 0.997. The standard InChI is InChI=1S/C8H9ClF2N2O/c1-14-8-5(7(10)11)2-4(3-12)6(9)13-8/h2,7H,3,12H2,1H3. The first kappa shape index (κ1) is 11.1. The Bertz CT molecular complexity index is 333. The van der Waals surface area contributed by atoms with Crippen LogP contribution < -0.4 is 10.5 Å². The number of ether oxygens (including phenoxy) is 1. The van der Waals surface area contributed by atoms with Gasteiger partial charge in [-0.25, -0.2) is 13.8 Å². The third kappa shape index (κ3) is 2.10. The van der Waals surface area contributed by atoms with Gasteiger partial charge in [0, 0.05) is 12.1 Å². The van der Waals surface area contributed by atoms with E-state index in [-0.39, 0.29) is 23.1 Å². The molecule has 0 amide bonds. The van der Waals surface area contributed by atoms with Crippen molar-refractivity contribution in [3.8, 4) is 5.88 Å². The Morgan fingerprint density at radius 2 is 2.29 bits per heavy atom. The highest BCUT2D eigenvalue weighted by atomic mass is 35.5. The first-order chi connectivity index (χ1) is 6.60. The van der Waals surface area contributed by atoms with Gasteiger partial charge >= 0.3 is 0 Å². The van der Waals surface area contributed by atoms with Crippen LogP contribution in [0.3, 0.4) is 0 Å². The Hall–Kier alpha value is -0.940. The number of alkyl halides is 2. The average molecular weight is 223 g/mol. The summed E-state index contributed by atoms with van der Waals surface area (Å²) in [6.45, 7) is 0.0650. The van der Waals surface area contributed by atoms with Crippen molar-refractivity contribution in [1.29, 1.82) is 0 Å².